The Morgan fingerprint density at radius 1 is 1.00 bits per heavy atom. The van der Waals surface area contributed by atoms with Gasteiger partial charge in [0.25, 0.3) is 0 Å². The highest BCUT2D eigenvalue weighted by atomic mass is 16.1. The van der Waals surface area contributed by atoms with E-state index in [9.17, 15) is 4.79 Å². The third kappa shape index (κ3) is 5.08. The molecule has 0 saturated heterocycles. The molecule has 1 amide bonds. The second-order valence-electron chi connectivity index (χ2n) is 6.89. The van der Waals surface area contributed by atoms with Gasteiger partial charge < -0.3 is 11.1 Å². The second kappa shape index (κ2) is 8.66. The highest BCUT2D eigenvalue weighted by molar-refractivity contribution is 5.78. The predicted molar refractivity (Wildman–Crippen MR) is 83.3 cm³/mol. The van der Waals surface area contributed by atoms with Crippen LogP contribution in [0.1, 0.15) is 70.6 Å². The smallest absolute Gasteiger partial charge is 0.223 e. The van der Waals surface area contributed by atoms with Crippen molar-refractivity contribution in [2.45, 2.75) is 70.6 Å². The zero-order valence-corrected chi connectivity index (χ0v) is 12.9. The van der Waals surface area contributed by atoms with Crippen LogP contribution in [-0.4, -0.2) is 19.0 Å². The SMILES string of the molecule is NCCC1CCCC(C(=O)NCCCC2CCCC2)C1. The molecule has 0 bridgehead atoms. The van der Waals surface area contributed by atoms with Crippen molar-refractivity contribution < 1.29 is 4.79 Å². The van der Waals surface area contributed by atoms with E-state index < -0.39 is 0 Å². The van der Waals surface area contributed by atoms with Crippen LogP contribution in [0.3, 0.4) is 0 Å². The van der Waals surface area contributed by atoms with E-state index in [4.69, 9.17) is 5.73 Å². The summed E-state index contributed by atoms with van der Waals surface area (Å²) in [5, 5.41) is 3.17. The minimum absolute atomic E-state index is 0.256. The Bertz CT molecular complexity index is 285. The minimum Gasteiger partial charge on any atom is -0.356 e. The number of amides is 1. The lowest BCUT2D eigenvalue weighted by Gasteiger charge is -2.28. The van der Waals surface area contributed by atoms with Gasteiger partial charge in [-0.2, -0.15) is 0 Å². The van der Waals surface area contributed by atoms with Gasteiger partial charge in [0, 0.05) is 12.5 Å². The van der Waals surface area contributed by atoms with Crippen molar-refractivity contribution in [3.63, 3.8) is 0 Å². The third-order valence-electron chi connectivity index (χ3n) is 5.29. The summed E-state index contributed by atoms with van der Waals surface area (Å²) < 4.78 is 0. The number of rotatable bonds is 7. The summed E-state index contributed by atoms with van der Waals surface area (Å²) in [6.45, 7) is 1.65. The van der Waals surface area contributed by atoms with Crippen molar-refractivity contribution in [1.29, 1.82) is 0 Å². The first kappa shape index (κ1) is 15.8. The maximum atomic E-state index is 12.2. The fourth-order valence-electron chi connectivity index (χ4n) is 4.07. The van der Waals surface area contributed by atoms with Crippen molar-refractivity contribution in [1.82, 2.24) is 5.32 Å². The van der Waals surface area contributed by atoms with E-state index in [0.29, 0.717) is 11.8 Å². The summed E-state index contributed by atoms with van der Waals surface area (Å²) in [4.78, 5) is 12.2. The molecule has 0 spiro atoms. The molecule has 2 atom stereocenters. The summed E-state index contributed by atoms with van der Waals surface area (Å²) >= 11 is 0. The number of carbonyl (C=O) groups excluding carboxylic acids is 1. The van der Waals surface area contributed by atoms with Crippen LogP contribution in [0.2, 0.25) is 0 Å². The highest BCUT2D eigenvalue weighted by Gasteiger charge is 2.26. The van der Waals surface area contributed by atoms with Crippen LogP contribution in [0.5, 0.6) is 0 Å². The molecule has 0 aliphatic heterocycles. The van der Waals surface area contributed by atoms with Crippen LogP contribution in [0.25, 0.3) is 0 Å². The molecule has 2 rings (SSSR count). The molecule has 0 heterocycles. The molecule has 0 aromatic heterocycles. The summed E-state index contributed by atoms with van der Waals surface area (Å²) in [6, 6.07) is 0. The molecule has 2 fully saturated rings. The van der Waals surface area contributed by atoms with Gasteiger partial charge in [0.2, 0.25) is 5.91 Å². The van der Waals surface area contributed by atoms with Gasteiger partial charge in [-0.1, -0.05) is 38.5 Å². The molecule has 3 N–H and O–H groups in total. The van der Waals surface area contributed by atoms with Gasteiger partial charge in [0.15, 0.2) is 0 Å². The minimum atomic E-state index is 0.256. The molecule has 2 aliphatic carbocycles. The zero-order chi connectivity index (χ0) is 14.2. The van der Waals surface area contributed by atoms with Gasteiger partial charge in [-0.25, -0.2) is 0 Å². The van der Waals surface area contributed by atoms with Gasteiger partial charge in [-0.15, -0.1) is 0 Å². The number of hydrogen-bond acceptors (Lipinski definition) is 2. The number of carbonyl (C=O) groups is 1. The second-order valence-corrected chi connectivity index (χ2v) is 6.89. The molecule has 0 aromatic rings. The van der Waals surface area contributed by atoms with E-state index in [1.54, 1.807) is 0 Å². The summed E-state index contributed by atoms with van der Waals surface area (Å²) in [7, 11) is 0. The maximum Gasteiger partial charge on any atom is 0.223 e. The summed E-state index contributed by atoms with van der Waals surface area (Å²) in [5.41, 5.74) is 5.64. The molecular formula is C17H32N2O. The standard InChI is InChI=1S/C17H32N2O/c18-11-10-15-7-3-9-16(13-15)17(20)19-12-4-8-14-5-1-2-6-14/h14-16H,1-13,18H2,(H,19,20). The lowest BCUT2D eigenvalue weighted by Crippen LogP contribution is -2.34. The van der Waals surface area contributed by atoms with Crippen molar-refractivity contribution in [2.75, 3.05) is 13.1 Å². The fraction of sp³-hybridized carbons (Fsp3) is 0.941. The first-order chi connectivity index (χ1) is 9.79. The molecule has 116 valence electrons. The Morgan fingerprint density at radius 2 is 1.75 bits per heavy atom. The Balaban J connectivity index is 1.58. The van der Waals surface area contributed by atoms with Crippen LogP contribution < -0.4 is 11.1 Å². The lowest BCUT2D eigenvalue weighted by atomic mass is 9.79. The molecule has 2 saturated carbocycles. The van der Waals surface area contributed by atoms with Gasteiger partial charge in [0.1, 0.15) is 0 Å². The molecule has 20 heavy (non-hydrogen) atoms. The first-order valence-corrected chi connectivity index (χ1v) is 8.77. The zero-order valence-electron chi connectivity index (χ0n) is 12.9. The van der Waals surface area contributed by atoms with Gasteiger partial charge >= 0.3 is 0 Å². The van der Waals surface area contributed by atoms with Crippen molar-refractivity contribution in [2.24, 2.45) is 23.5 Å². The van der Waals surface area contributed by atoms with Crippen molar-refractivity contribution in [3.05, 3.63) is 0 Å². The quantitative estimate of drug-likeness (QED) is 0.703. The van der Waals surface area contributed by atoms with Crippen molar-refractivity contribution >= 4 is 5.91 Å². The van der Waals surface area contributed by atoms with E-state index in [1.807, 2.05) is 0 Å². The van der Waals surface area contributed by atoms with E-state index in [-0.39, 0.29) is 5.92 Å². The Morgan fingerprint density at radius 3 is 2.50 bits per heavy atom. The van der Waals surface area contributed by atoms with Gasteiger partial charge in [-0.3, -0.25) is 4.79 Å². The first-order valence-electron chi connectivity index (χ1n) is 8.77. The van der Waals surface area contributed by atoms with E-state index in [0.717, 1.165) is 44.7 Å². The molecular weight excluding hydrogens is 248 g/mol. The number of nitrogens with one attached hydrogen (secondary N) is 1. The highest BCUT2D eigenvalue weighted by Crippen LogP contribution is 2.31. The largest absolute Gasteiger partial charge is 0.356 e. The monoisotopic (exact) mass is 280 g/mol. The fourth-order valence-corrected chi connectivity index (χ4v) is 4.07. The Hall–Kier alpha value is -0.570. The van der Waals surface area contributed by atoms with Gasteiger partial charge in [-0.05, 0) is 50.5 Å². The molecule has 2 unspecified atom stereocenters. The van der Waals surface area contributed by atoms with Gasteiger partial charge in [0.05, 0.1) is 0 Å². The molecule has 3 heteroatoms. The summed E-state index contributed by atoms with van der Waals surface area (Å²) in [6.07, 6.45) is 13.8. The van der Waals surface area contributed by atoms with Crippen LogP contribution in [0, 0.1) is 17.8 Å². The molecule has 0 radical (unpaired) electrons. The summed E-state index contributed by atoms with van der Waals surface area (Å²) in [5.74, 6) is 2.18. The number of nitrogens with two attached hydrogens (primary N) is 1. The Kier molecular flexibility index (Phi) is 6.85. The van der Waals surface area contributed by atoms with Crippen molar-refractivity contribution in [3.8, 4) is 0 Å². The molecule has 2 aliphatic rings. The number of hydrogen-bond donors (Lipinski definition) is 2. The van der Waals surface area contributed by atoms with Crippen LogP contribution in [-0.2, 0) is 4.79 Å². The van der Waals surface area contributed by atoms with E-state index >= 15 is 0 Å². The maximum absolute atomic E-state index is 12.2. The lowest BCUT2D eigenvalue weighted by molar-refractivity contribution is -0.126. The topological polar surface area (TPSA) is 55.1 Å². The van der Waals surface area contributed by atoms with E-state index in [2.05, 4.69) is 5.32 Å². The van der Waals surface area contributed by atoms with Crippen LogP contribution >= 0.6 is 0 Å². The predicted octanol–water partition coefficient (Wildman–Crippen LogP) is 3.23. The van der Waals surface area contributed by atoms with Crippen LogP contribution in [0.15, 0.2) is 0 Å². The molecule has 3 nitrogen and oxygen atoms in total. The van der Waals surface area contributed by atoms with Crippen LogP contribution in [0.4, 0.5) is 0 Å². The third-order valence-corrected chi connectivity index (χ3v) is 5.29. The normalized spacial score (nSPS) is 27.6. The Labute approximate surface area is 124 Å². The van der Waals surface area contributed by atoms with E-state index in [1.165, 1.54) is 44.9 Å². The average Bonchev–Trinajstić information content (AvgIpc) is 2.97. The molecule has 0 aromatic carbocycles. The average molecular weight is 280 g/mol.